The minimum Gasteiger partial charge on any atom is -0.464 e. The topological polar surface area (TPSA) is 39.2 Å². The van der Waals surface area contributed by atoms with E-state index in [0.29, 0.717) is 0 Å². The van der Waals surface area contributed by atoms with Gasteiger partial charge in [0.1, 0.15) is 5.76 Å². The van der Waals surface area contributed by atoms with Crippen LogP contribution in [0.5, 0.6) is 0 Å². The van der Waals surface area contributed by atoms with Gasteiger partial charge in [0.05, 0.1) is 6.26 Å². The highest BCUT2D eigenvalue weighted by Gasteiger charge is 1.99. The minimum absolute atomic E-state index is 0.788. The van der Waals surface area contributed by atoms with Crippen LogP contribution in [-0.4, -0.2) is 0 Å². The van der Waals surface area contributed by atoms with Crippen LogP contribution in [0.1, 0.15) is 26.0 Å². The van der Waals surface area contributed by atoms with Crippen LogP contribution in [0, 0.1) is 0 Å². The molecule has 0 atom stereocenters. The molecule has 2 nitrogen and oxygen atoms in total. The Morgan fingerprint density at radius 3 is 2.85 bits per heavy atom. The summed E-state index contributed by atoms with van der Waals surface area (Å²) in [5.74, 6) is 0.867. The molecule has 1 aromatic heterocycles. The van der Waals surface area contributed by atoms with Crippen molar-refractivity contribution in [3.8, 4) is 0 Å². The van der Waals surface area contributed by atoms with Gasteiger partial charge in [-0.2, -0.15) is 0 Å². The molecule has 1 aromatic rings. The number of hydrogen-bond acceptors (Lipinski definition) is 2. The van der Waals surface area contributed by atoms with E-state index in [2.05, 4.69) is 13.0 Å². The molecule has 0 spiro atoms. The summed E-state index contributed by atoms with van der Waals surface area (Å²) in [5, 5.41) is 0. The summed E-state index contributed by atoms with van der Waals surface area (Å²) in [6.07, 6.45) is 6.65. The van der Waals surface area contributed by atoms with E-state index in [-0.39, 0.29) is 0 Å². The molecule has 0 unspecified atom stereocenters. The Bertz CT molecular complexity index is 303. The molecule has 0 aliphatic heterocycles. The molecule has 0 aromatic carbocycles. The minimum atomic E-state index is 0.788. The third kappa shape index (κ3) is 2.82. The van der Waals surface area contributed by atoms with Gasteiger partial charge in [0.25, 0.3) is 0 Å². The summed E-state index contributed by atoms with van der Waals surface area (Å²) in [6.45, 7) is 3.95. The smallest absolute Gasteiger partial charge is 0.133 e. The maximum Gasteiger partial charge on any atom is 0.133 e. The third-order valence-corrected chi connectivity index (χ3v) is 1.61. The Morgan fingerprint density at radius 1 is 1.62 bits per heavy atom. The Kier molecular flexibility index (Phi) is 3.38. The van der Waals surface area contributed by atoms with Crippen molar-refractivity contribution < 1.29 is 4.42 Å². The second-order valence-corrected chi connectivity index (χ2v) is 2.93. The molecule has 0 saturated heterocycles. The number of allylic oxidation sites excluding steroid dienone is 4. The van der Waals surface area contributed by atoms with Gasteiger partial charge in [-0.25, -0.2) is 0 Å². The predicted octanol–water partition coefficient (Wildman–Crippen LogP) is 2.94. The molecule has 13 heavy (non-hydrogen) atoms. The molecule has 0 aliphatic rings. The second-order valence-electron chi connectivity index (χ2n) is 2.93. The average Bonchev–Trinajstić information content (AvgIpc) is 2.54. The van der Waals surface area contributed by atoms with E-state index in [9.17, 15) is 0 Å². The van der Waals surface area contributed by atoms with Crippen LogP contribution in [0.4, 0.5) is 0 Å². The summed E-state index contributed by atoms with van der Waals surface area (Å²) in [7, 11) is 0. The summed E-state index contributed by atoms with van der Waals surface area (Å²) in [5.41, 5.74) is 7.44. The zero-order valence-electron chi connectivity index (χ0n) is 8.08. The van der Waals surface area contributed by atoms with Crippen molar-refractivity contribution in [1.29, 1.82) is 0 Å². The van der Waals surface area contributed by atoms with Gasteiger partial charge in [-0.3, -0.25) is 0 Å². The highest BCUT2D eigenvalue weighted by Crippen LogP contribution is 2.17. The van der Waals surface area contributed by atoms with E-state index < -0.39 is 0 Å². The molecule has 2 N–H and O–H groups in total. The second kappa shape index (κ2) is 4.55. The Balaban J connectivity index is 2.95. The number of hydrogen-bond donors (Lipinski definition) is 1. The lowest BCUT2D eigenvalue weighted by Crippen LogP contribution is -1.91. The zero-order chi connectivity index (χ0) is 9.68. The van der Waals surface area contributed by atoms with Gasteiger partial charge in [-0.15, -0.1) is 0 Å². The molecule has 1 heterocycles. The van der Waals surface area contributed by atoms with Crippen LogP contribution >= 0.6 is 0 Å². The maximum absolute atomic E-state index is 5.61. The largest absolute Gasteiger partial charge is 0.464 e. The van der Waals surface area contributed by atoms with Gasteiger partial charge in [-0.1, -0.05) is 13.0 Å². The lowest BCUT2D eigenvalue weighted by atomic mass is 10.1. The SMILES string of the molecule is CC/C=C(\C=C(/C)N)c1ccco1. The Hall–Kier alpha value is -1.44. The molecule has 0 bridgehead atoms. The maximum atomic E-state index is 5.61. The van der Waals surface area contributed by atoms with Gasteiger partial charge in [0.15, 0.2) is 0 Å². The lowest BCUT2D eigenvalue weighted by molar-refractivity contribution is 0.554. The fourth-order valence-corrected chi connectivity index (χ4v) is 1.14. The summed E-state index contributed by atoms with van der Waals surface area (Å²) in [6, 6.07) is 3.81. The van der Waals surface area contributed by atoms with Gasteiger partial charge in [0, 0.05) is 11.3 Å². The van der Waals surface area contributed by atoms with Crippen molar-refractivity contribution in [3.05, 3.63) is 42.0 Å². The fourth-order valence-electron chi connectivity index (χ4n) is 1.14. The van der Waals surface area contributed by atoms with Gasteiger partial charge < -0.3 is 10.2 Å². The van der Waals surface area contributed by atoms with E-state index in [0.717, 1.165) is 23.5 Å². The number of nitrogens with two attached hydrogens (primary N) is 1. The van der Waals surface area contributed by atoms with Gasteiger partial charge in [-0.05, 0) is 31.6 Å². The van der Waals surface area contributed by atoms with Crippen LogP contribution in [0.2, 0.25) is 0 Å². The molecular formula is C11H15NO. The zero-order valence-corrected chi connectivity index (χ0v) is 8.08. The van der Waals surface area contributed by atoms with Crippen molar-refractivity contribution in [3.63, 3.8) is 0 Å². The predicted molar refractivity (Wildman–Crippen MR) is 54.9 cm³/mol. The summed E-state index contributed by atoms with van der Waals surface area (Å²) in [4.78, 5) is 0. The molecule has 0 radical (unpaired) electrons. The Morgan fingerprint density at radius 2 is 2.38 bits per heavy atom. The fraction of sp³-hybridized carbons (Fsp3) is 0.273. The first-order valence-corrected chi connectivity index (χ1v) is 4.42. The van der Waals surface area contributed by atoms with Gasteiger partial charge in [0.2, 0.25) is 0 Å². The van der Waals surface area contributed by atoms with E-state index in [4.69, 9.17) is 10.2 Å². The van der Waals surface area contributed by atoms with Crippen LogP contribution in [-0.2, 0) is 0 Å². The van der Waals surface area contributed by atoms with Crippen LogP contribution in [0.15, 0.2) is 40.7 Å². The van der Waals surface area contributed by atoms with Crippen molar-refractivity contribution in [2.45, 2.75) is 20.3 Å². The van der Waals surface area contributed by atoms with Crippen molar-refractivity contribution in [1.82, 2.24) is 0 Å². The molecular weight excluding hydrogens is 162 g/mol. The van der Waals surface area contributed by atoms with Crippen molar-refractivity contribution in [2.75, 3.05) is 0 Å². The quantitative estimate of drug-likeness (QED) is 0.721. The molecule has 0 saturated carbocycles. The number of furan rings is 1. The summed E-state index contributed by atoms with van der Waals surface area (Å²) < 4.78 is 5.28. The Labute approximate surface area is 78.7 Å². The van der Waals surface area contributed by atoms with Crippen molar-refractivity contribution in [2.24, 2.45) is 5.73 Å². The standard InChI is InChI=1S/C11H15NO/c1-3-5-10(8-9(2)12)11-6-4-7-13-11/h4-8H,3,12H2,1-2H3/b9-8+,10-5+. The van der Waals surface area contributed by atoms with E-state index in [1.165, 1.54) is 0 Å². The van der Waals surface area contributed by atoms with Crippen LogP contribution in [0.3, 0.4) is 0 Å². The van der Waals surface area contributed by atoms with Crippen molar-refractivity contribution >= 4 is 5.57 Å². The van der Waals surface area contributed by atoms with E-state index in [1.807, 2.05) is 25.1 Å². The van der Waals surface area contributed by atoms with E-state index >= 15 is 0 Å². The highest BCUT2D eigenvalue weighted by molar-refractivity contribution is 5.71. The normalized spacial score (nSPS) is 13.4. The molecule has 70 valence electrons. The third-order valence-electron chi connectivity index (χ3n) is 1.61. The number of rotatable bonds is 3. The van der Waals surface area contributed by atoms with E-state index in [1.54, 1.807) is 6.26 Å². The summed E-state index contributed by atoms with van der Waals surface area (Å²) >= 11 is 0. The van der Waals surface area contributed by atoms with Crippen LogP contribution < -0.4 is 5.73 Å². The first kappa shape index (κ1) is 9.65. The first-order chi connectivity index (χ1) is 6.24. The van der Waals surface area contributed by atoms with Gasteiger partial charge >= 0.3 is 0 Å². The lowest BCUT2D eigenvalue weighted by Gasteiger charge is -1.98. The first-order valence-electron chi connectivity index (χ1n) is 4.42. The molecule has 2 heteroatoms. The average molecular weight is 177 g/mol. The molecule has 0 fully saturated rings. The molecule has 0 amide bonds. The molecule has 1 rings (SSSR count). The van der Waals surface area contributed by atoms with Crippen LogP contribution in [0.25, 0.3) is 5.57 Å². The highest BCUT2D eigenvalue weighted by atomic mass is 16.3. The monoisotopic (exact) mass is 177 g/mol. The molecule has 0 aliphatic carbocycles.